The number of anilines is 1. The fourth-order valence-electron chi connectivity index (χ4n) is 1.84. The highest BCUT2D eigenvalue weighted by atomic mass is 16.2. The maximum Gasteiger partial charge on any atom is 0.332 e. The summed E-state index contributed by atoms with van der Waals surface area (Å²) in [4.78, 5) is 28.3. The topological polar surface area (TPSA) is 86.2 Å². The van der Waals surface area contributed by atoms with Crippen LogP contribution in [0.5, 0.6) is 0 Å². The second kappa shape index (κ2) is 4.95. The Kier molecular flexibility index (Phi) is 3.47. The molecule has 2 heterocycles. The lowest BCUT2D eigenvalue weighted by atomic mass is 10.3. The van der Waals surface area contributed by atoms with Gasteiger partial charge in [0.2, 0.25) is 5.95 Å². The Hall–Kier alpha value is -2.38. The number of aryl methyl sites for hydroxylation is 2. The number of aromatic nitrogens is 4. The van der Waals surface area contributed by atoms with Gasteiger partial charge in [-0.05, 0) is 13.3 Å². The number of nitrogens with zero attached hydrogens (tertiary/aromatic N) is 5. The molecular formula is C12H18N6O2. The molecule has 0 aromatic carbocycles. The van der Waals surface area contributed by atoms with Gasteiger partial charge in [0.1, 0.15) is 0 Å². The molecule has 0 radical (unpaired) electrons. The van der Waals surface area contributed by atoms with Crippen LogP contribution in [0.15, 0.2) is 14.7 Å². The molecule has 0 saturated heterocycles. The lowest BCUT2D eigenvalue weighted by molar-refractivity contribution is 0.705. The smallest absolute Gasteiger partial charge is 0.306 e. The summed E-state index contributed by atoms with van der Waals surface area (Å²) in [5, 5.41) is 4.16. The van der Waals surface area contributed by atoms with Gasteiger partial charge < -0.3 is 4.57 Å². The molecule has 0 unspecified atom stereocenters. The van der Waals surface area contributed by atoms with Crippen LogP contribution in [0.1, 0.15) is 20.3 Å². The van der Waals surface area contributed by atoms with E-state index in [1.807, 2.05) is 13.8 Å². The van der Waals surface area contributed by atoms with Crippen molar-refractivity contribution in [1.82, 2.24) is 18.7 Å². The van der Waals surface area contributed by atoms with E-state index in [0.717, 1.165) is 16.7 Å². The fourth-order valence-corrected chi connectivity index (χ4v) is 1.84. The Morgan fingerprint density at radius 3 is 2.45 bits per heavy atom. The zero-order valence-electron chi connectivity index (χ0n) is 12.3. The highest BCUT2D eigenvalue weighted by Crippen LogP contribution is 2.13. The van der Waals surface area contributed by atoms with Gasteiger partial charge in [-0.3, -0.25) is 13.9 Å². The van der Waals surface area contributed by atoms with E-state index >= 15 is 0 Å². The molecule has 8 nitrogen and oxygen atoms in total. The third kappa shape index (κ3) is 2.02. The summed E-state index contributed by atoms with van der Waals surface area (Å²) in [5.41, 5.74) is 3.67. The van der Waals surface area contributed by atoms with Crippen molar-refractivity contribution >= 4 is 22.8 Å². The monoisotopic (exact) mass is 278 g/mol. The van der Waals surface area contributed by atoms with Crippen molar-refractivity contribution in [1.29, 1.82) is 0 Å². The molecule has 20 heavy (non-hydrogen) atoms. The summed E-state index contributed by atoms with van der Waals surface area (Å²) in [6, 6.07) is 0. The summed E-state index contributed by atoms with van der Waals surface area (Å²) in [6.07, 6.45) is 0.817. The predicted molar refractivity (Wildman–Crippen MR) is 78.2 cm³/mol. The highest BCUT2D eigenvalue weighted by molar-refractivity contribution is 5.82. The molecule has 0 aliphatic rings. The summed E-state index contributed by atoms with van der Waals surface area (Å²) in [5.74, 6) is 0.422. The molecule has 2 aromatic rings. The number of nitrogens with one attached hydrogen (secondary N) is 1. The minimum Gasteiger partial charge on any atom is -0.306 e. The standard InChI is InChI=1S/C12H18N6O2/c1-6-7(2)14-15-11-13-9-8(16(11)3)10(19)18(5)12(20)17(9)4/h6H2,1-5H3,(H,13,15). The fraction of sp³-hybridized carbons (Fsp3) is 0.500. The number of imidazole rings is 1. The molecule has 8 heteroatoms. The van der Waals surface area contributed by atoms with E-state index in [1.54, 1.807) is 18.7 Å². The third-order valence-corrected chi connectivity index (χ3v) is 3.33. The van der Waals surface area contributed by atoms with Gasteiger partial charge in [-0.1, -0.05) is 6.92 Å². The Morgan fingerprint density at radius 2 is 1.85 bits per heavy atom. The minimum atomic E-state index is -0.402. The van der Waals surface area contributed by atoms with Gasteiger partial charge in [-0.2, -0.15) is 10.1 Å². The van der Waals surface area contributed by atoms with E-state index < -0.39 is 5.69 Å². The van der Waals surface area contributed by atoms with Gasteiger partial charge in [-0.25, -0.2) is 10.2 Å². The van der Waals surface area contributed by atoms with E-state index in [4.69, 9.17) is 0 Å². The molecule has 0 fully saturated rings. The molecule has 0 spiro atoms. The Morgan fingerprint density at radius 1 is 1.20 bits per heavy atom. The molecule has 0 aliphatic carbocycles. The molecule has 0 amide bonds. The largest absolute Gasteiger partial charge is 0.332 e. The first-order valence-electron chi connectivity index (χ1n) is 6.30. The van der Waals surface area contributed by atoms with Crippen molar-refractivity contribution in [3.8, 4) is 0 Å². The maximum absolute atomic E-state index is 12.2. The molecule has 108 valence electrons. The van der Waals surface area contributed by atoms with Crippen LogP contribution in [0, 0.1) is 0 Å². The molecule has 0 bridgehead atoms. The molecule has 0 saturated carbocycles. The van der Waals surface area contributed by atoms with Crippen LogP contribution in [0.25, 0.3) is 11.2 Å². The normalized spacial score (nSPS) is 12.2. The molecule has 2 rings (SSSR count). The van der Waals surface area contributed by atoms with E-state index in [2.05, 4.69) is 15.5 Å². The first-order valence-corrected chi connectivity index (χ1v) is 6.30. The molecule has 0 atom stereocenters. The molecule has 2 aromatic heterocycles. The van der Waals surface area contributed by atoms with Crippen molar-refractivity contribution < 1.29 is 0 Å². The average molecular weight is 278 g/mol. The maximum atomic E-state index is 12.2. The number of hydrazone groups is 1. The van der Waals surface area contributed by atoms with E-state index in [0.29, 0.717) is 17.1 Å². The summed E-state index contributed by atoms with van der Waals surface area (Å²) in [7, 11) is 4.74. The Bertz CT molecular complexity index is 808. The second-order valence-electron chi connectivity index (χ2n) is 4.68. The summed E-state index contributed by atoms with van der Waals surface area (Å²) >= 11 is 0. The predicted octanol–water partition coefficient (Wildman–Crippen LogP) is 0.168. The van der Waals surface area contributed by atoms with Crippen molar-refractivity contribution in [2.45, 2.75) is 20.3 Å². The van der Waals surface area contributed by atoms with Crippen LogP contribution >= 0.6 is 0 Å². The summed E-state index contributed by atoms with van der Waals surface area (Å²) in [6.45, 7) is 3.89. The lowest BCUT2D eigenvalue weighted by Crippen LogP contribution is -2.37. The molecular weight excluding hydrogens is 260 g/mol. The van der Waals surface area contributed by atoms with Crippen LogP contribution in [0.2, 0.25) is 0 Å². The quantitative estimate of drug-likeness (QED) is 0.640. The summed E-state index contributed by atoms with van der Waals surface area (Å²) < 4.78 is 4.01. The van der Waals surface area contributed by atoms with Crippen LogP contribution in [0.4, 0.5) is 5.95 Å². The highest BCUT2D eigenvalue weighted by Gasteiger charge is 2.16. The lowest BCUT2D eigenvalue weighted by Gasteiger charge is -2.03. The van der Waals surface area contributed by atoms with E-state index in [9.17, 15) is 9.59 Å². The van der Waals surface area contributed by atoms with Gasteiger partial charge in [-0.15, -0.1) is 0 Å². The number of hydrogen-bond donors (Lipinski definition) is 1. The Balaban J connectivity index is 2.71. The average Bonchev–Trinajstić information content (AvgIpc) is 2.77. The zero-order valence-corrected chi connectivity index (χ0v) is 12.3. The van der Waals surface area contributed by atoms with Crippen molar-refractivity contribution in [3.63, 3.8) is 0 Å². The number of fused-ring (bicyclic) bond motifs is 1. The van der Waals surface area contributed by atoms with Crippen LogP contribution in [0.3, 0.4) is 0 Å². The van der Waals surface area contributed by atoms with Crippen LogP contribution < -0.4 is 16.7 Å². The molecule has 0 aliphatic heterocycles. The number of rotatable bonds is 3. The SMILES string of the molecule is CCC(C)=NNc1nc2c(c(=O)n(C)c(=O)n2C)n1C. The first-order chi connectivity index (χ1) is 9.38. The third-order valence-electron chi connectivity index (χ3n) is 3.33. The van der Waals surface area contributed by atoms with Crippen molar-refractivity contribution in [2.75, 3.05) is 5.43 Å². The van der Waals surface area contributed by atoms with Gasteiger partial charge in [0, 0.05) is 26.9 Å². The van der Waals surface area contributed by atoms with E-state index in [1.165, 1.54) is 11.6 Å². The van der Waals surface area contributed by atoms with Crippen LogP contribution in [-0.4, -0.2) is 24.4 Å². The van der Waals surface area contributed by atoms with Gasteiger partial charge in [0.25, 0.3) is 5.56 Å². The van der Waals surface area contributed by atoms with Gasteiger partial charge in [0.15, 0.2) is 11.2 Å². The second-order valence-corrected chi connectivity index (χ2v) is 4.68. The van der Waals surface area contributed by atoms with E-state index in [-0.39, 0.29) is 5.56 Å². The van der Waals surface area contributed by atoms with Crippen LogP contribution in [-0.2, 0) is 21.1 Å². The first kappa shape index (κ1) is 14.0. The van der Waals surface area contributed by atoms with Crippen molar-refractivity contribution in [3.05, 3.63) is 20.8 Å². The molecule has 1 N–H and O–H groups in total. The minimum absolute atomic E-state index is 0.340. The van der Waals surface area contributed by atoms with Crippen molar-refractivity contribution in [2.24, 2.45) is 26.2 Å². The van der Waals surface area contributed by atoms with Gasteiger partial charge >= 0.3 is 5.69 Å². The number of hydrogen-bond acceptors (Lipinski definition) is 5. The Labute approximate surface area is 115 Å². The zero-order chi connectivity index (χ0) is 15.0. The van der Waals surface area contributed by atoms with Gasteiger partial charge in [0.05, 0.1) is 0 Å².